The first-order chi connectivity index (χ1) is 13.7. The molecular weight excluding hydrogens is 484 g/mol. The topological polar surface area (TPSA) is 81.3 Å². The lowest BCUT2D eigenvalue weighted by atomic mass is 9.95. The normalized spacial score (nSPS) is 15.0. The summed E-state index contributed by atoms with van der Waals surface area (Å²) in [6.07, 6.45) is 8.42. The number of hydrogen-bond donors (Lipinski definition) is 4. The number of benzene rings is 1. The molecule has 1 amide bonds. The van der Waals surface area contributed by atoms with Crippen LogP contribution in [0.2, 0.25) is 0 Å². The Balaban J connectivity index is 0.00000300. The molecule has 0 bridgehead atoms. The van der Waals surface area contributed by atoms with E-state index in [0.717, 1.165) is 35.7 Å². The van der Waals surface area contributed by atoms with E-state index in [0.29, 0.717) is 25.1 Å². The average Bonchev–Trinajstić information content (AvgIpc) is 3.09. The highest BCUT2D eigenvalue weighted by Gasteiger charge is 2.15. The van der Waals surface area contributed by atoms with Crippen molar-refractivity contribution in [1.29, 1.82) is 0 Å². The first-order valence-corrected chi connectivity index (χ1v) is 10.2. The zero-order valence-electron chi connectivity index (χ0n) is 16.9. The Bertz CT molecular complexity index is 817. The monoisotopic (exact) mass is 515 g/mol. The molecule has 1 aromatic heterocycles. The summed E-state index contributed by atoms with van der Waals surface area (Å²) in [5, 5.41) is 10.4. The van der Waals surface area contributed by atoms with Crippen molar-refractivity contribution in [1.82, 2.24) is 20.9 Å². The molecule has 8 heteroatoms. The summed E-state index contributed by atoms with van der Waals surface area (Å²) in [6, 6.07) is 5.05. The summed E-state index contributed by atoms with van der Waals surface area (Å²) in [4.78, 5) is 19.7. The molecule has 29 heavy (non-hydrogen) atoms. The number of nitrogens with one attached hydrogen (secondary N) is 4. The number of H-pyrrole nitrogens is 1. The SMILES string of the molecule is CCNC(=NCC(=O)NC1CCCCC1)NCCc1c[nH]c2ccc(F)cc12.I. The van der Waals surface area contributed by atoms with Crippen molar-refractivity contribution in [2.45, 2.75) is 51.5 Å². The van der Waals surface area contributed by atoms with Crippen LogP contribution in [-0.4, -0.2) is 42.5 Å². The number of aromatic amines is 1. The van der Waals surface area contributed by atoms with Crippen LogP contribution in [0.3, 0.4) is 0 Å². The quantitative estimate of drug-likeness (QED) is 0.259. The third kappa shape index (κ3) is 7.17. The van der Waals surface area contributed by atoms with E-state index >= 15 is 0 Å². The van der Waals surface area contributed by atoms with Gasteiger partial charge in [-0.3, -0.25) is 4.79 Å². The number of aromatic nitrogens is 1. The lowest BCUT2D eigenvalue weighted by Gasteiger charge is -2.22. The number of halogens is 2. The van der Waals surface area contributed by atoms with Crippen LogP contribution >= 0.6 is 24.0 Å². The summed E-state index contributed by atoms with van der Waals surface area (Å²) < 4.78 is 13.5. The van der Waals surface area contributed by atoms with Gasteiger partial charge >= 0.3 is 0 Å². The van der Waals surface area contributed by atoms with Gasteiger partial charge in [-0.2, -0.15) is 0 Å². The molecule has 0 radical (unpaired) electrons. The molecule has 1 heterocycles. The number of aliphatic imine (C=N–C) groups is 1. The van der Waals surface area contributed by atoms with Crippen LogP contribution in [0.5, 0.6) is 0 Å². The van der Waals surface area contributed by atoms with Gasteiger partial charge in [-0.05, 0) is 49.9 Å². The molecule has 1 aliphatic rings. The molecule has 1 saturated carbocycles. The molecule has 3 rings (SSSR count). The van der Waals surface area contributed by atoms with Gasteiger partial charge in [0.25, 0.3) is 0 Å². The van der Waals surface area contributed by atoms with Crippen LogP contribution in [0.15, 0.2) is 29.4 Å². The number of carbonyl (C=O) groups is 1. The maximum absolute atomic E-state index is 13.5. The van der Waals surface area contributed by atoms with E-state index in [-0.39, 0.29) is 42.2 Å². The maximum Gasteiger partial charge on any atom is 0.242 e. The third-order valence-corrected chi connectivity index (χ3v) is 5.11. The fourth-order valence-corrected chi connectivity index (χ4v) is 3.69. The van der Waals surface area contributed by atoms with E-state index in [1.165, 1.54) is 25.3 Å². The second-order valence-electron chi connectivity index (χ2n) is 7.28. The third-order valence-electron chi connectivity index (χ3n) is 5.11. The van der Waals surface area contributed by atoms with Crippen LogP contribution < -0.4 is 16.0 Å². The van der Waals surface area contributed by atoms with Crippen molar-refractivity contribution in [3.63, 3.8) is 0 Å². The fourth-order valence-electron chi connectivity index (χ4n) is 3.69. The number of nitrogens with zero attached hydrogens (tertiary/aromatic N) is 1. The molecule has 1 aromatic carbocycles. The fraction of sp³-hybridized carbons (Fsp3) is 0.524. The van der Waals surface area contributed by atoms with Crippen molar-refractivity contribution in [2.75, 3.05) is 19.6 Å². The van der Waals surface area contributed by atoms with Gasteiger partial charge in [0.05, 0.1) is 0 Å². The minimum Gasteiger partial charge on any atom is -0.361 e. The molecule has 0 atom stereocenters. The minimum absolute atomic E-state index is 0. The van der Waals surface area contributed by atoms with Gasteiger partial charge < -0.3 is 20.9 Å². The van der Waals surface area contributed by atoms with Crippen molar-refractivity contribution in [3.8, 4) is 0 Å². The minimum atomic E-state index is -0.236. The molecule has 4 N–H and O–H groups in total. The number of fused-ring (bicyclic) bond motifs is 1. The average molecular weight is 515 g/mol. The van der Waals surface area contributed by atoms with Crippen LogP contribution in [0, 0.1) is 5.82 Å². The highest BCUT2D eigenvalue weighted by Crippen LogP contribution is 2.19. The zero-order chi connectivity index (χ0) is 19.8. The Labute approximate surface area is 188 Å². The van der Waals surface area contributed by atoms with Crippen molar-refractivity contribution in [2.24, 2.45) is 4.99 Å². The molecule has 1 aliphatic carbocycles. The van der Waals surface area contributed by atoms with Crippen LogP contribution in [0.1, 0.15) is 44.6 Å². The summed E-state index contributed by atoms with van der Waals surface area (Å²) in [6.45, 7) is 3.46. The van der Waals surface area contributed by atoms with Gasteiger partial charge in [0.15, 0.2) is 5.96 Å². The summed E-state index contributed by atoms with van der Waals surface area (Å²) >= 11 is 0. The van der Waals surface area contributed by atoms with E-state index in [1.807, 2.05) is 13.1 Å². The van der Waals surface area contributed by atoms with Gasteiger partial charge in [0, 0.05) is 36.2 Å². The van der Waals surface area contributed by atoms with E-state index in [4.69, 9.17) is 0 Å². The summed E-state index contributed by atoms with van der Waals surface area (Å²) in [7, 11) is 0. The largest absolute Gasteiger partial charge is 0.361 e. The molecule has 1 fully saturated rings. The van der Waals surface area contributed by atoms with Crippen molar-refractivity contribution < 1.29 is 9.18 Å². The molecule has 0 spiro atoms. The van der Waals surface area contributed by atoms with Gasteiger partial charge in [0.2, 0.25) is 5.91 Å². The summed E-state index contributed by atoms with van der Waals surface area (Å²) in [5.41, 5.74) is 1.98. The number of guanidine groups is 1. The van der Waals surface area contributed by atoms with Crippen LogP contribution in [-0.2, 0) is 11.2 Å². The highest BCUT2D eigenvalue weighted by molar-refractivity contribution is 14.0. The predicted octanol–water partition coefficient (Wildman–Crippen LogP) is 3.47. The van der Waals surface area contributed by atoms with E-state index in [1.54, 1.807) is 12.1 Å². The molecule has 0 unspecified atom stereocenters. The Morgan fingerprint density at radius 3 is 2.79 bits per heavy atom. The van der Waals surface area contributed by atoms with Crippen LogP contribution in [0.4, 0.5) is 4.39 Å². The first-order valence-electron chi connectivity index (χ1n) is 10.2. The molecule has 160 valence electrons. The Morgan fingerprint density at radius 1 is 1.24 bits per heavy atom. The predicted molar refractivity (Wildman–Crippen MR) is 126 cm³/mol. The number of hydrogen-bond acceptors (Lipinski definition) is 2. The Kier molecular flexibility index (Phi) is 9.69. The van der Waals surface area contributed by atoms with Gasteiger partial charge in [-0.1, -0.05) is 19.3 Å². The number of rotatable bonds is 7. The molecule has 6 nitrogen and oxygen atoms in total. The number of amides is 1. The standard InChI is InChI=1S/C21H30FN5O.HI/c1-2-23-21(26-14-20(28)27-17-6-4-3-5-7-17)24-11-10-15-13-25-19-9-8-16(22)12-18(15)19;/h8-9,12-13,17,25H,2-7,10-11,14H2,1H3,(H,27,28)(H2,23,24,26);1H. The van der Waals surface area contributed by atoms with E-state index in [2.05, 4.69) is 25.9 Å². The van der Waals surface area contributed by atoms with Gasteiger partial charge in [0.1, 0.15) is 12.4 Å². The summed E-state index contributed by atoms with van der Waals surface area (Å²) in [5.74, 6) is 0.351. The Hall–Kier alpha value is -1.84. The number of carbonyl (C=O) groups excluding carboxylic acids is 1. The van der Waals surface area contributed by atoms with Crippen molar-refractivity contribution >= 4 is 46.7 Å². The van der Waals surface area contributed by atoms with E-state index in [9.17, 15) is 9.18 Å². The van der Waals surface area contributed by atoms with Crippen LogP contribution in [0.25, 0.3) is 10.9 Å². The van der Waals surface area contributed by atoms with Crippen molar-refractivity contribution in [3.05, 3.63) is 35.8 Å². The second kappa shape index (κ2) is 12.0. The van der Waals surface area contributed by atoms with E-state index < -0.39 is 0 Å². The van der Waals surface area contributed by atoms with Gasteiger partial charge in [-0.15, -0.1) is 24.0 Å². The maximum atomic E-state index is 13.5. The van der Waals surface area contributed by atoms with Gasteiger partial charge in [-0.25, -0.2) is 9.38 Å². The first kappa shape index (κ1) is 23.4. The molecule has 2 aromatic rings. The molecule has 0 aliphatic heterocycles. The lowest BCUT2D eigenvalue weighted by Crippen LogP contribution is -2.41. The lowest BCUT2D eigenvalue weighted by molar-refractivity contribution is -0.120. The zero-order valence-corrected chi connectivity index (χ0v) is 19.2. The second-order valence-corrected chi connectivity index (χ2v) is 7.28. The molecule has 0 saturated heterocycles. The highest BCUT2D eigenvalue weighted by atomic mass is 127. The Morgan fingerprint density at radius 2 is 2.03 bits per heavy atom. The smallest absolute Gasteiger partial charge is 0.242 e. The molecular formula is C21H31FIN5O.